The first kappa shape index (κ1) is 14.7. The Bertz CT molecular complexity index is 493. The molecule has 0 unspecified atom stereocenters. The summed E-state index contributed by atoms with van der Waals surface area (Å²) in [5.74, 6) is -1.74. The predicted octanol–water partition coefficient (Wildman–Crippen LogP) is 1.39. The molecule has 1 rings (SSSR count). The zero-order valence-electron chi connectivity index (χ0n) is 10.3. The molecule has 102 valence electrons. The van der Waals surface area contributed by atoms with Crippen molar-refractivity contribution in [2.45, 2.75) is 26.2 Å². The van der Waals surface area contributed by atoms with Gasteiger partial charge in [0.25, 0.3) is 0 Å². The molecule has 1 aliphatic rings. The van der Waals surface area contributed by atoms with Crippen LogP contribution in [0.15, 0.2) is 23.2 Å². The maximum atomic E-state index is 13.9. The van der Waals surface area contributed by atoms with Gasteiger partial charge in [0.15, 0.2) is 5.83 Å². The minimum atomic E-state index is -3.55. The van der Waals surface area contributed by atoms with E-state index < -0.39 is 21.8 Å². The summed E-state index contributed by atoms with van der Waals surface area (Å²) in [6.07, 6.45) is 2.44. The third-order valence-corrected chi connectivity index (χ3v) is 3.90. The van der Waals surface area contributed by atoms with E-state index in [2.05, 4.69) is 9.46 Å². The quantitative estimate of drug-likeness (QED) is 0.771. The molecule has 0 aromatic rings. The second-order valence-electron chi connectivity index (χ2n) is 3.86. The van der Waals surface area contributed by atoms with Gasteiger partial charge in [-0.1, -0.05) is 13.0 Å². The Labute approximate surface area is 106 Å². The van der Waals surface area contributed by atoms with Gasteiger partial charge >= 0.3 is 5.97 Å². The summed E-state index contributed by atoms with van der Waals surface area (Å²) in [4.78, 5) is 11.3. The Kier molecular flexibility index (Phi) is 4.89. The van der Waals surface area contributed by atoms with Crippen LogP contribution in [-0.2, 0) is 19.6 Å². The van der Waals surface area contributed by atoms with Crippen molar-refractivity contribution in [2.24, 2.45) is 0 Å². The molecule has 0 saturated carbocycles. The van der Waals surface area contributed by atoms with E-state index in [9.17, 15) is 17.6 Å². The van der Waals surface area contributed by atoms with Crippen LogP contribution >= 0.6 is 0 Å². The molecule has 0 saturated heterocycles. The zero-order chi connectivity index (χ0) is 13.8. The number of ether oxygens (including phenoxy) is 1. The number of hydrogen-bond donors (Lipinski definition) is 1. The largest absolute Gasteiger partial charge is 0.465 e. The van der Waals surface area contributed by atoms with Gasteiger partial charge in [0, 0.05) is 0 Å². The Hall–Kier alpha value is -1.37. The van der Waals surface area contributed by atoms with Crippen LogP contribution in [-0.4, -0.2) is 27.2 Å². The van der Waals surface area contributed by atoms with Gasteiger partial charge in [-0.15, -0.1) is 0 Å². The van der Waals surface area contributed by atoms with Crippen LogP contribution in [0.4, 0.5) is 4.39 Å². The van der Waals surface area contributed by atoms with Crippen LogP contribution < -0.4 is 4.72 Å². The lowest BCUT2D eigenvalue weighted by Crippen LogP contribution is -2.28. The summed E-state index contributed by atoms with van der Waals surface area (Å²) in [5, 5.41) is 0. The molecular formula is C11H16FNO4S. The summed E-state index contributed by atoms with van der Waals surface area (Å²) in [6, 6.07) is 0. The van der Waals surface area contributed by atoms with Gasteiger partial charge in [-0.2, -0.15) is 0 Å². The van der Waals surface area contributed by atoms with Crippen LogP contribution in [0.2, 0.25) is 0 Å². The maximum absolute atomic E-state index is 13.9. The minimum absolute atomic E-state index is 0.0775. The van der Waals surface area contributed by atoms with Crippen LogP contribution in [0, 0.1) is 0 Å². The van der Waals surface area contributed by atoms with Crippen molar-refractivity contribution in [3.05, 3.63) is 23.2 Å². The highest BCUT2D eigenvalue weighted by atomic mass is 32.2. The van der Waals surface area contributed by atoms with E-state index in [4.69, 9.17) is 0 Å². The standard InChI is InChI=1S/C11H16FNO4S/c1-3-7-18(15,16)13-9-6-4-5-8(10(9)12)11(14)17-2/h5,13H,3-4,6-7H2,1-2H3. The molecule has 0 bridgehead atoms. The number of carbonyl (C=O) groups excluding carboxylic acids is 1. The van der Waals surface area contributed by atoms with Crippen molar-refractivity contribution in [1.29, 1.82) is 0 Å². The van der Waals surface area contributed by atoms with Crippen LogP contribution in [0.5, 0.6) is 0 Å². The summed E-state index contributed by atoms with van der Waals surface area (Å²) in [6.45, 7) is 1.71. The number of carbonyl (C=O) groups is 1. The molecule has 7 heteroatoms. The molecule has 0 aliphatic heterocycles. The average Bonchev–Trinajstić information content (AvgIpc) is 2.30. The monoisotopic (exact) mass is 277 g/mol. The van der Waals surface area contributed by atoms with Gasteiger partial charge in [0.05, 0.1) is 24.1 Å². The first-order chi connectivity index (χ1) is 8.41. The molecule has 0 atom stereocenters. The molecule has 0 fully saturated rings. The van der Waals surface area contributed by atoms with E-state index in [-0.39, 0.29) is 23.4 Å². The van der Waals surface area contributed by atoms with Crippen LogP contribution in [0.1, 0.15) is 26.2 Å². The normalized spacial score (nSPS) is 16.3. The van der Waals surface area contributed by atoms with Crippen molar-refractivity contribution in [3.63, 3.8) is 0 Å². The summed E-state index contributed by atoms with van der Waals surface area (Å²) >= 11 is 0. The van der Waals surface area contributed by atoms with Gasteiger partial charge in [0.1, 0.15) is 0 Å². The van der Waals surface area contributed by atoms with Crippen LogP contribution in [0.25, 0.3) is 0 Å². The Morgan fingerprint density at radius 3 is 2.78 bits per heavy atom. The molecule has 0 radical (unpaired) electrons. The van der Waals surface area contributed by atoms with E-state index in [1.54, 1.807) is 6.92 Å². The van der Waals surface area contributed by atoms with Gasteiger partial charge in [-0.3, -0.25) is 4.72 Å². The number of esters is 1. The minimum Gasteiger partial charge on any atom is -0.465 e. The van der Waals surface area contributed by atoms with Crippen molar-refractivity contribution in [1.82, 2.24) is 4.72 Å². The highest BCUT2D eigenvalue weighted by Crippen LogP contribution is 2.26. The van der Waals surface area contributed by atoms with Crippen molar-refractivity contribution < 1.29 is 22.3 Å². The van der Waals surface area contributed by atoms with Gasteiger partial charge in [0.2, 0.25) is 10.0 Å². The molecule has 0 amide bonds. The first-order valence-electron chi connectivity index (χ1n) is 5.59. The topological polar surface area (TPSA) is 72.5 Å². The molecule has 18 heavy (non-hydrogen) atoms. The third kappa shape index (κ3) is 3.56. The lowest BCUT2D eigenvalue weighted by molar-refractivity contribution is -0.136. The summed E-state index contributed by atoms with van der Waals surface area (Å²) in [7, 11) is -2.40. The fraction of sp³-hybridized carbons (Fsp3) is 0.545. The second-order valence-corrected chi connectivity index (χ2v) is 5.70. The SMILES string of the molecule is CCCS(=O)(=O)NC1=C(F)C(C(=O)OC)=CCC1. The lowest BCUT2D eigenvalue weighted by Gasteiger charge is -2.16. The Morgan fingerprint density at radius 2 is 2.22 bits per heavy atom. The summed E-state index contributed by atoms with van der Waals surface area (Å²) in [5.41, 5.74) is -0.302. The zero-order valence-corrected chi connectivity index (χ0v) is 11.1. The number of allylic oxidation sites excluding steroid dienone is 2. The molecule has 0 spiro atoms. The van der Waals surface area contributed by atoms with E-state index in [0.717, 1.165) is 7.11 Å². The van der Waals surface area contributed by atoms with Crippen molar-refractivity contribution in [2.75, 3.05) is 12.9 Å². The number of rotatable bonds is 5. The highest BCUT2D eigenvalue weighted by Gasteiger charge is 2.24. The molecule has 1 N–H and O–H groups in total. The van der Waals surface area contributed by atoms with Crippen molar-refractivity contribution >= 4 is 16.0 Å². The van der Waals surface area contributed by atoms with E-state index >= 15 is 0 Å². The highest BCUT2D eigenvalue weighted by molar-refractivity contribution is 7.89. The molecular weight excluding hydrogens is 261 g/mol. The second kappa shape index (κ2) is 5.99. The number of sulfonamides is 1. The predicted molar refractivity (Wildman–Crippen MR) is 64.7 cm³/mol. The molecule has 5 nitrogen and oxygen atoms in total. The first-order valence-corrected chi connectivity index (χ1v) is 7.24. The molecule has 1 aliphatic carbocycles. The summed E-state index contributed by atoms with van der Waals surface area (Å²) < 4.78 is 43.6. The number of halogens is 1. The number of hydrogen-bond acceptors (Lipinski definition) is 4. The lowest BCUT2D eigenvalue weighted by atomic mass is 10.0. The van der Waals surface area contributed by atoms with Crippen molar-refractivity contribution in [3.8, 4) is 0 Å². The number of methoxy groups -OCH3 is 1. The molecule has 0 aromatic carbocycles. The number of nitrogens with one attached hydrogen (secondary N) is 1. The molecule has 0 aromatic heterocycles. The van der Waals surface area contributed by atoms with Gasteiger partial charge in [-0.05, 0) is 19.3 Å². The van der Waals surface area contributed by atoms with E-state index in [0.29, 0.717) is 12.8 Å². The maximum Gasteiger partial charge on any atom is 0.340 e. The average molecular weight is 277 g/mol. The Morgan fingerprint density at radius 1 is 1.56 bits per heavy atom. The van der Waals surface area contributed by atoms with E-state index in [1.165, 1.54) is 6.08 Å². The fourth-order valence-electron chi connectivity index (χ4n) is 1.61. The molecule has 0 heterocycles. The third-order valence-electron chi connectivity index (χ3n) is 2.40. The van der Waals surface area contributed by atoms with E-state index in [1.807, 2.05) is 0 Å². The smallest absolute Gasteiger partial charge is 0.340 e. The van der Waals surface area contributed by atoms with Gasteiger partial charge in [-0.25, -0.2) is 17.6 Å². The fourth-order valence-corrected chi connectivity index (χ4v) is 2.82. The van der Waals surface area contributed by atoms with Crippen LogP contribution in [0.3, 0.4) is 0 Å². The van der Waals surface area contributed by atoms with Gasteiger partial charge < -0.3 is 4.74 Å². The Balaban J connectivity index is 2.95.